The van der Waals surface area contributed by atoms with Gasteiger partial charge in [0.2, 0.25) is 5.91 Å². The quantitative estimate of drug-likeness (QED) is 0.896. The number of benzene rings is 1. The van der Waals surface area contributed by atoms with Crippen LogP contribution in [-0.4, -0.2) is 11.4 Å². The van der Waals surface area contributed by atoms with Gasteiger partial charge in [0, 0.05) is 0 Å². The summed E-state index contributed by atoms with van der Waals surface area (Å²) >= 11 is 0. The van der Waals surface area contributed by atoms with Crippen LogP contribution in [0.5, 0.6) is 0 Å². The van der Waals surface area contributed by atoms with Crippen molar-refractivity contribution in [3.8, 4) is 0 Å². The fourth-order valence-electron chi connectivity index (χ4n) is 2.51. The van der Waals surface area contributed by atoms with Gasteiger partial charge < -0.3 is 11.1 Å². The van der Waals surface area contributed by atoms with E-state index in [1.165, 1.54) is 5.56 Å². The second-order valence-corrected chi connectivity index (χ2v) is 5.47. The fourth-order valence-corrected chi connectivity index (χ4v) is 2.51. The third-order valence-electron chi connectivity index (χ3n) is 3.87. The number of halogens is 1. The molecular weight excluding hydrogens is 260 g/mol. The highest BCUT2D eigenvalue weighted by atomic mass is 35.5. The van der Waals surface area contributed by atoms with E-state index in [2.05, 4.69) is 36.5 Å². The molecule has 1 aromatic rings. The first kappa shape index (κ1) is 16.0. The molecule has 2 rings (SSSR count). The van der Waals surface area contributed by atoms with Crippen molar-refractivity contribution >= 4 is 18.3 Å². The molecule has 1 saturated carbocycles. The van der Waals surface area contributed by atoms with Crippen LogP contribution >= 0.6 is 12.4 Å². The maximum atomic E-state index is 12.2. The van der Waals surface area contributed by atoms with Crippen molar-refractivity contribution in [3.05, 3.63) is 35.4 Å². The van der Waals surface area contributed by atoms with Gasteiger partial charge in [0.1, 0.15) is 0 Å². The van der Waals surface area contributed by atoms with Gasteiger partial charge in [0.25, 0.3) is 0 Å². The molecule has 1 unspecified atom stereocenters. The highest BCUT2D eigenvalue weighted by Gasteiger charge is 2.37. The Bertz CT molecular complexity index is 424. The van der Waals surface area contributed by atoms with Crippen LogP contribution in [0.4, 0.5) is 0 Å². The summed E-state index contributed by atoms with van der Waals surface area (Å²) in [5.74, 6) is -0.00641. The van der Waals surface area contributed by atoms with Gasteiger partial charge in [-0.3, -0.25) is 4.79 Å². The molecule has 1 fully saturated rings. The summed E-state index contributed by atoms with van der Waals surface area (Å²) in [6, 6.07) is 8.24. The lowest BCUT2D eigenvalue weighted by Crippen LogP contribution is -2.52. The molecule has 4 heteroatoms. The molecule has 1 aromatic carbocycles. The minimum atomic E-state index is -0.640. The molecule has 3 nitrogen and oxygen atoms in total. The topological polar surface area (TPSA) is 55.1 Å². The van der Waals surface area contributed by atoms with Crippen molar-refractivity contribution in [3.63, 3.8) is 0 Å². The molecule has 0 saturated heterocycles. The Morgan fingerprint density at radius 1 is 1.26 bits per heavy atom. The Balaban J connectivity index is 0.00000180. The molecule has 3 N–H and O–H groups in total. The Kier molecular flexibility index (Phi) is 5.39. The molecule has 0 spiro atoms. The molecule has 0 radical (unpaired) electrons. The smallest absolute Gasteiger partial charge is 0.240 e. The predicted molar refractivity (Wildman–Crippen MR) is 80.4 cm³/mol. The van der Waals surface area contributed by atoms with Crippen LogP contribution in [0.2, 0.25) is 0 Å². The number of hydrogen-bond donors (Lipinski definition) is 2. The van der Waals surface area contributed by atoms with Crippen LogP contribution < -0.4 is 11.1 Å². The van der Waals surface area contributed by atoms with Gasteiger partial charge in [-0.25, -0.2) is 0 Å². The molecule has 0 bridgehead atoms. The van der Waals surface area contributed by atoms with E-state index in [1.807, 2.05) is 6.92 Å². The van der Waals surface area contributed by atoms with E-state index in [-0.39, 0.29) is 24.4 Å². The van der Waals surface area contributed by atoms with Gasteiger partial charge in [-0.15, -0.1) is 12.4 Å². The van der Waals surface area contributed by atoms with E-state index in [1.54, 1.807) is 0 Å². The number of hydrogen-bond acceptors (Lipinski definition) is 2. The lowest BCUT2D eigenvalue weighted by molar-refractivity contribution is -0.126. The van der Waals surface area contributed by atoms with Crippen molar-refractivity contribution in [2.75, 3.05) is 0 Å². The number of rotatable bonds is 3. The Labute approximate surface area is 121 Å². The van der Waals surface area contributed by atoms with E-state index in [9.17, 15) is 4.79 Å². The van der Waals surface area contributed by atoms with Crippen molar-refractivity contribution < 1.29 is 4.79 Å². The third-order valence-corrected chi connectivity index (χ3v) is 3.87. The van der Waals surface area contributed by atoms with Crippen LogP contribution in [-0.2, 0) is 4.79 Å². The molecule has 0 aromatic heterocycles. The summed E-state index contributed by atoms with van der Waals surface area (Å²) in [4.78, 5) is 12.2. The van der Waals surface area contributed by atoms with E-state index in [0.717, 1.165) is 31.2 Å². The average Bonchev–Trinajstić information content (AvgIpc) is 2.78. The summed E-state index contributed by atoms with van der Waals surface area (Å²) in [5, 5.41) is 3.03. The second-order valence-electron chi connectivity index (χ2n) is 5.47. The third kappa shape index (κ3) is 3.71. The number of aryl methyl sites for hydroxylation is 1. The first-order valence-electron chi connectivity index (χ1n) is 6.68. The van der Waals surface area contributed by atoms with Gasteiger partial charge in [-0.05, 0) is 32.3 Å². The second kappa shape index (κ2) is 6.40. The SMILES string of the molecule is Cc1ccc(C(C)NC(=O)C2(N)CCCC2)cc1.Cl. The monoisotopic (exact) mass is 282 g/mol. The summed E-state index contributed by atoms with van der Waals surface area (Å²) in [7, 11) is 0. The number of amides is 1. The molecule has 0 aliphatic heterocycles. The Hall–Kier alpha value is -1.06. The zero-order valence-electron chi connectivity index (χ0n) is 11.6. The Morgan fingerprint density at radius 3 is 2.32 bits per heavy atom. The number of carbonyl (C=O) groups is 1. The first-order valence-corrected chi connectivity index (χ1v) is 6.68. The van der Waals surface area contributed by atoms with E-state index < -0.39 is 5.54 Å². The fraction of sp³-hybridized carbons (Fsp3) is 0.533. The summed E-state index contributed by atoms with van der Waals surface area (Å²) in [5.41, 5.74) is 7.85. The maximum Gasteiger partial charge on any atom is 0.240 e. The van der Waals surface area contributed by atoms with Gasteiger partial charge in [-0.1, -0.05) is 42.7 Å². The molecular formula is C15H23ClN2O. The summed E-state index contributed by atoms with van der Waals surface area (Å²) in [6.45, 7) is 4.06. The van der Waals surface area contributed by atoms with Crippen molar-refractivity contribution in [1.29, 1.82) is 0 Å². The highest BCUT2D eigenvalue weighted by molar-refractivity contribution is 5.86. The van der Waals surface area contributed by atoms with E-state index in [4.69, 9.17) is 5.73 Å². The molecule has 19 heavy (non-hydrogen) atoms. The minimum Gasteiger partial charge on any atom is -0.348 e. The van der Waals surface area contributed by atoms with Crippen molar-refractivity contribution in [2.24, 2.45) is 5.73 Å². The van der Waals surface area contributed by atoms with Gasteiger partial charge >= 0.3 is 0 Å². The summed E-state index contributed by atoms with van der Waals surface area (Å²) < 4.78 is 0. The van der Waals surface area contributed by atoms with Gasteiger partial charge in [-0.2, -0.15) is 0 Å². The normalized spacial score (nSPS) is 18.5. The van der Waals surface area contributed by atoms with Crippen LogP contribution in [0, 0.1) is 6.92 Å². The van der Waals surface area contributed by atoms with Crippen LogP contribution in [0.3, 0.4) is 0 Å². The zero-order chi connectivity index (χ0) is 13.2. The largest absolute Gasteiger partial charge is 0.348 e. The molecule has 0 heterocycles. The molecule has 1 atom stereocenters. The van der Waals surface area contributed by atoms with Crippen LogP contribution in [0.15, 0.2) is 24.3 Å². The van der Waals surface area contributed by atoms with Crippen molar-refractivity contribution in [2.45, 2.75) is 51.1 Å². The summed E-state index contributed by atoms with van der Waals surface area (Å²) in [6.07, 6.45) is 3.73. The van der Waals surface area contributed by atoms with E-state index in [0.29, 0.717) is 0 Å². The standard InChI is InChI=1S/C15H22N2O.ClH/c1-11-5-7-13(8-6-11)12(2)17-14(18)15(16)9-3-4-10-15;/h5-8,12H,3-4,9-10,16H2,1-2H3,(H,17,18);1H. The number of nitrogens with one attached hydrogen (secondary N) is 1. The Morgan fingerprint density at radius 2 is 1.79 bits per heavy atom. The first-order chi connectivity index (χ1) is 8.51. The lowest BCUT2D eigenvalue weighted by atomic mass is 9.97. The van der Waals surface area contributed by atoms with Gasteiger partial charge in [0.05, 0.1) is 11.6 Å². The number of carbonyl (C=O) groups excluding carboxylic acids is 1. The van der Waals surface area contributed by atoms with Crippen molar-refractivity contribution in [1.82, 2.24) is 5.32 Å². The molecule has 106 valence electrons. The molecule has 1 amide bonds. The average molecular weight is 283 g/mol. The zero-order valence-corrected chi connectivity index (χ0v) is 12.4. The number of nitrogens with two attached hydrogens (primary N) is 1. The van der Waals surface area contributed by atoms with Crippen LogP contribution in [0.25, 0.3) is 0 Å². The lowest BCUT2D eigenvalue weighted by Gasteiger charge is -2.25. The minimum absolute atomic E-state index is 0. The van der Waals surface area contributed by atoms with E-state index >= 15 is 0 Å². The predicted octanol–water partition coefficient (Wildman–Crippen LogP) is 2.87. The molecule has 1 aliphatic rings. The highest BCUT2D eigenvalue weighted by Crippen LogP contribution is 2.28. The van der Waals surface area contributed by atoms with Gasteiger partial charge in [0.15, 0.2) is 0 Å². The molecule has 1 aliphatic carbocycles. The maximum absolute atomic E-state index is 12.2. The van der Waals surface area contributed by atoms with Crippen LogP contribution in [0.1, 0.15) is 49.8 Å².